The third kappa shape index (κ3) is 7.87. The van der Waals surface area contributed by atoms with Gasteiger partial charge >= 0.3 is 5.97 Å². The zero-order chi connectivity index (χ0) is 15.5. The van der Waals surface area contributed by atoms with Crippen molar-refractivity contribution < 1.29 is 9.53 Å². The topological polar surface area (TPSA) is 26.3 Å². The first kappa shape index (κ1) is 18.5. The van der Waals surface area contributed by atoms with Gasteiger partial charge in [-0.15, -0.1) is 0 Å². The van der Waals surface area contributed by atoms with Crippen molar-refractivity contribution >= 4 is 5.97 Å². The van der Waals surface area contributed by atoms with Crippen molar-refractivity contribution in [3.63, 3.8) is 0 Å². The number of carbonyl (C=O) groups excluding carboxylic acids is 1. The van der Waals surface area contributed by atoms with Gasteiger partial charge in [0.2, 0.25) is 0 Å². The van der Waals surface area contributed by atoms with Gasteiger partial charge in [-0.1, -0.05) is 78.6 Å². The Bertz CT molecular complexity index is 275. The molecule has 3 atom stereocenters. The van der Waals surface area contributed by atoms with Crippen LogP contribution >= 0.6 is 0 Å². The highest BCUT2D eigenvalue weighted by atomic mass is 16.5. The molecule has 0 aliphatic heterocycles. The monoisotopic (exact) mass is 296 g/mol. The molecule has 0 radical (unpaired) electrons. The maximum atomic E-state index is 11.7. The van der Waals surface area contributed by atoms with Crippen LogP contribution in [0.15, 0.2) is 0 Å². The summed E-state index contributed by atoms with van der Waals surface area (Å²) < 4.78 is 5.63. The predicted molar refractivity (Wildman–Crippen MR) is 89.3 cm³/mol. The van der Waals surface area contributed by atoms with Crippen LogP contribution in [-0.4, -0.2) is 12.1 Å². The van der Waals surface area contributed by atoms with Gasteiger partial charge < -0.3 is 4.74 Å². The third-order valence-electron chi connectivity index (χ3n) is 4.76. The summed E-state index contributed by atoms with van der Waals surface area (Å²) in [5.74, 6) is 1.50. The van der Waals surface area contributed by atoms with Gasteiger partial charge in [0, 0.05) is 12.3 Å². The molecule has 0 spiro atoms. The summed E-state index contributed by atoms with van der Waals surface area (Å²) in [6.07, 6.45) is 14.7. The quantitative estimate of drug-likeness (QED) is 0.313. The average molecular weight is 296 g/mol. The number of hydrogen-bond donors (Lipinski definition) is 0. The van der Waals surface area contributed by atoms with Crippen molar-refractivity contribution in [2.45, 2.75) is 104 Å². The standard InChI is InChI=1S/C19H36O2/c1-4-7-10-11-13-16(12-8-5-2)17-15-18(17)21-19(20)14-9-6-3/h16-18H,4-15H2,1-3H3. The molecule has 1 aliphatic carbocycles. The lowest BCUT2D eigenvalue weighted by Gasteiger charge is -2.16. The van der Waals surface area contributed by atoms with Crippen LogP contribution < -0.4 is 0 Å². The van der Waals surface area contributed by atoms with Gasteiger partial charge in [-0.3, -0.25) is 4.79 Å². The zero-order valence-electron chi connectivity index (χ0n) is 14.5. The van der Waals surface area contributed by atoms with Crippen LogP contribution in [-0.2, 0) is 9.53 Å². The minimum absolute atomic E-state index is 0.0320. The molecule has 0 saturated heterocycles. The molecule has 0 amide bonds. The molecule has 1 saturated carbocycles. The molecule has 0 bridgehead atoms. The molecule has 0 aromatic rings. The van der Waals surface area contributed by atoms with Crippen molar-refractivity contribution in [3.05, 3.63) is 0 Å². The van der Waals surface area contributed by atoms with Crippen LogP contribution in [0.5, 0.6) is 0 Å². The van der Waals surface area contributed by atoms with Crippen LogP contribution in [0.25, 0.3) is 0 Å². The summed E-state index contributed by atoms with van der Waals surface area (Å²) in [5, 5.41) is 0. The minimum Gasteiger partial charge on any atom is -0.462 e. The molecule has 3 unspecified atom stereocenters. The van der Waals surface area contributed by atoms with Gasteiger partial charge in [0.25, 0.3) is 0 Å². The molecule has 124 valence electrons. The summed E-state index contributed by atoms with van der Waals surface area (Å²) in [6.45, 7) is 6.65. The van der Waals surface area contributed by atoms with Crippen molar-refractivity contribution in [3.8, 4) is 0 Å². The van der Waals surface area contributed by atoms with E-state index in [0.717, 1.165) is 25.2 Å². The Morgan fingerprint density at radius 2 is 1.62 bits per heavy atom. The van der Waals surface area contributed by atoms with E-state index in [1.807, 2.05) is 0 Å². The van der Waals surface area contributed by atoms with Gasteiger partial charge in [-0.25, -0.2) is 0 Å². The Labute approximate surface area is 132 Å². The van der Waals surface area contributed by atoms with E-state index in [-0.39, 0.29) is 12.1 Å². The van der Waals surface area contributed by atoms with E-state index in [2.05, 4.69) is 20.8 Å². The maximum Gasteiger partial charge on any atom is 0.306 e. The van der Waals surface area contributed by atoms with E-state index in [1.165, 1.54) is 51.4 Å². The molecule has 0 N–H and O–H groups in total. The first-order valence-corrected chi connectivity index (χ1v) is 9.42. The predicted octanol–water partition coefficient (Wildman–Crippen LogP) is 5.89. The van der Waals surface area contributed by atoms with E-state index in [9.17, 15) is 4.79 Å². The fraction of sp³-hybridized carbons (Fsp3) is 0.947. The Balaban J connectivity index is 2.26. The normalized spacial score (nSPS) is 22.0. The fourth-order valence-corrected chi connectivity index (χ4v) is 3.24. The van der Waals surface area contributed by atoms with Crippen LogP contribution in [0, 0.1) is 11.8 Å². The minimum atomic E-state index is 0.0320. The smallest absolute Gasteiger partial charge is 0.306 e. The second-order valence-corrected chi connectivity index (χ2v) is 6.78. The fourth-order valence-electron chi connectivity index (χ4n) is 3.24. The molecule has 0 heterocycles. The van der Waals surface area contributed by atoms with E-state index in [4.69, 9.17) is 4.74 Å². The average Bonchev–Trinajstić information content (AvgIpc) is 3.23. The number of ether oxygens (including phenoxy) is 1. The lowest BCUT2D eigenvalue weighted by atomic mass is 9.91. The van der Waals surface area contributed by atoms with Gasteiger partial charge in [0.15, 0.2) is 0 Å². The molecule has 1 rings (SSSR count). The summed E-state index contributed by atoms with van der Waals surface area (Å²) in [7, 11) is 0. The molecular formula is C19H36O2. The summed E-state index contributed by atoms with van der Waals surface area (Å²) in [5.41, 5.74) is 0. The van der Waals surface area contributed by atoms with Crippen molar-refractivity contribution in [2.24, 2.45) is 11.8 Å². The second kappa shape index (κ2) is 11.1. The van der Waals surface area contributed by atoms with Crippen LogP contribution in [0.3, 0.4) is 0 Å². The maximum absolute atomic E-state index is 11.7. The third-order valence-corrected chi connectivity index (χ3v) is 4.76. The van der Waals surface area contributed by atoms with Crippen molar-refractivity contribution in [1.29, 1.82) is 0 Å². The zero-order valence-corrected chi connectivity index (χ0v) is 14.5. The van der Waals surface area contributed by atoms with Gasteiger partial charge in [-0.2, -0.15) is 0 Å². The van der Waals surface area contributed by atoms with Crippen LogP contribution in [0.1, 0.15) is 97.8 Å². The lowest BCUT2D eigenvalue weighted by Crippen LogP contribution is -2.12. The number of rotatable bonds is 13. The van der Waals surface area contributed by atoms with Gasteiger partial charge in [-0.05, 0) is 18.8 Å². The number of hydrogen-bond acceptors (Lipinski definition) is 2. The molecule has 1 fully saturated rings. The Hall–Kier alpha value is -0.530. The van der Waals surface area contributed by atoms with Gasteiger partial charge in [0.1, 0.15) is 6.10 Å². The summed E-state index contributed by atoms with van der Waals surface area (Å²) in [6, 6.07) is 0. The molecule has 0 aromatic carbocycles. The SMILES string of the molecule is CCCCCCC(CCCC)C1CC1OC(=O)CCCC. The van der Waals surface area contributed by atoms with Crippen LogP contribution in [0.4, 0.5) is 0 Å². The second-order valence-electron chi connectivity index (χ2n) is 6.78. The van der Waals surface area contributed by atoms with Crippen molar-refractivity contribution in [1.82, 2.24) is 0 Å². The van der Waals surface area contributed by atoms with E-state index < -0.39 is 0 Å². The molecular weight excluding hydrogens is 260 g/mol. The highest BCUT2D eigenvalue weighted by molar-refractivity contribution is 5.69. The highest BCUT2D eigenvalue weighted by Gasteiger charge is 2.45. The van der Waals surface area contributed by atoms with Crippen LogP contribution in [0.2, 0.25) is 0 Å². The lowest BCUT2D eigenvalue weighted by molar-refractivity contribution is -0.145. The highest BCUT2D eigenvalue weighted by Crippen LogP contribution is 2.44. The summed E-state index contributed by atoms with van der Waals surface area (Å²) in [4.78, 5) is 11.7. The number of carbonyl (C=O) groups is 1. The molecule has 21 heavy (non-hydrogen) atoms. The van der Waals surface area contributed by atoms with E-state index in [0.29, 0.717) is 12.3 Å². The van der Waals surface area contributed by atoms with Gasteiger partial charge in [0.05, 0.1) is 0 Å². The first-order valence-electron chi connectivity index (χ1n) is 9.42. The Kier molecular flexibility index (Phi) is 9.78. The largest absolute Gasteiger partial charge is 0.462 e. The molecule has 2 heteroatoms. The number of unbranched alkanes of at least 4 members (excludes halogenated alkanes) is 5. The Morgan fingerprint density at radius 1 is 0.952 bits per heavy atom. The molecule has 1 aliphatic rings. The van der Waals surface area contributed by atoms with Crippen molar-refractivity contribution in [2.75, 3.05) is 0 Å². The first-order chi connectivity index (χ1) is 10.2. The van der Waals surface area contributed by atoms with E-state index >= 15 is 0 Å². The molecule has 0 aromatic heterocycles. The number of esters is 1. The van der Waals surface area contributed by atoms with E-state index in [1.54, 1.807) is 0 Å². The molecule has 2 nitrogen and oxygen atoms in total. The Morgan fingerprint density at radius 3 is 2.29 bits per heavy atom. The summed E-state index contributed by atoms with van der Waals surface area (Å²) >= 11 is 0.